The van der Waals surface area contributed by atoms with Gasteiger partial charge >= 0.3 is 0 Å². The van der Waals surface area contributed by atoms with Crippen LogP contribution in [0.5, 0.6) is 0 Å². The van der Waals surface area contributed by atoms with Crippen LogP contribution in [0.1, 0.15) is 35.7 Å². The summed E-state index contributed by atoms with van der Waals surface area (Å²) in [5, 5.41) is 0. The van der Waals surface area contributed by atoms with E-state index in [2.05, 4.69) is 11.8 Å². The van der Waals surface area contributed by atoms with Crippen LogP contribution in [-0.4, -0.2) is 30.3 Å². The van der Waals surface area contributed by atoms with Crippen LogP contribution in [0.4, 0.5) is 0 Å². The molecule has 2 nitrogen and oxygen atoms in total. The Labute approximate surface area is 104 Å². The second-order valence-corrected chi connectivity index (χ2v) is 5.28. The monoisotopic (exact) mass is 231 g/mol. The molecule has 1 aliphatic heterocycles. The van der Waals surface area contributed by atoms with Gasteiger partial charge in [0.15, 0.2) is 5.78 Å². The molecule has 1 aromatic rings. The SMILES string of the molecule is Cc1cccc(C(=O)CN2CCCC(C)C2)c1. The largest absolute Gasteiger partial charge is 0.296 e. The van der Waals surface area contributed by atoms with Crippen molar-refractivity contribution in [2.45, 2.75) is 26.7 Å². The number of likely N-dealkylation sites (tertiary alicyclic amines) is 1. The fourth-order valence-electron chi connectivity index (χ4n) is 2.54. The highest BCUT2D eigenvalue weighted by molar-refractivity contribution is 5.97. The zero-order valence-electron chi connectivity index (χ0n) is 10.8. The molecule has 0 radical (unpaired) electrons. The Morgan fingerprint density at radius 1 is 1.47 bits per heavy atom. The molecule has 0 N–H and O–H groups in total. The van der Waals surface area contributed by atoms with E-state index in [1.165, 1.54) is 12.8 Å². The lowest BCUT2D eigenvalue weighted by Crippen LogP contribution is -2.37. The van der Waals surface area contributed by atoms with Gasteiger partial charge in [-0.15, -0.1) is 0 Å². The Balaban J connectivity index is 1.97. The first-order valence-corrected chi connectivity index (χ1v) is 6.47. The molecule has 1 aromatic carbocycles. The van der Waals surface area contributed by atoms with Crippen molar-refractivity contribution in [3.8, 4) is 0 Å². The summed E-state index contributed by atoms with van der Waals surface area (Å²) in [4.78, 5) is 14.4. The van der Waals surface area contributed by atoms with Gasteiger partial charge in [-0.1, -0.05) is 30.7 Å². The van der Waals surface area contributed by atoms with Crippen LogP contribution in [0.3, 0.4) is 0 Å². The van der Waals surface area contributed by atoms with Crippen molar-refractivity contribution in [1.82, 2.24) is 4.90 Å². The third kappa shape index (κ3) is 3.40. The van der Waals surface area contributed by atoms with E-state index >= 15 is 0 Å². The topological polar surface area (TPSA) is 20.3 Å². The number of carbonyl (C=O) groups excluding carboxylic acids is 1. The highest BCUT2D eigenvalue weighted by Crippen LogP contribution is 2.16. The third-order valence-corrected chi connectivity index (χ3v) is 3.45. The molecule has 2 rings (SSSR count). The molecule has 1 fully saturated rings. The van der Waals surface area contributed by atoms with Crippen LogP contribution in [-0.2, 0) is 0 Å². The molecule has 1 saturated heterocycles. The summed E-state index contributed by atoms with van der Waals surface area (Å²) in [6, 6.07) is 7.89. The normalized spacial score (nSPS) is 21.4. The van der Waals surface area contributed by atoms with Gasteiger partial charge in [-0.05, 0) is 38.3 Å². The molecule has 1 aliphatic rings. The lowest BCUT2D eigenvalue weighted by Gasteiger charge is -2.30. The molecule has 0 spiro atoms. The van der Waals surface area contributed by atoms with Gasteiger partial charge in [-0.3, -0.25) is 9.69 Å². The van der Waals surface area contributed by atoms with Crippen molar-refractivity contribution < 1.29 is 4.79 Å². The summed E-state index contributed by atoms with van der Waals surface area (Å²) in [7, 11) is 0. The quantitative estimate of drug-likeness (QED) is 0.745. The number of ketones is 1. The van der Waals surface area contributed by atoms with Gasteiger partial charge in [0.05, 0.1) is 6.54 Å². The van der Waals surface area contributed by atoms with Crippen molar-refractivity contribution in [2.75, 3.05) is 19.6 Å². The van der Waals surface area contributed by atoms with Gasteiger partial charge in [-0.2, -0.15) is 0 Å². The Bertz CT molecular complexity index is 400. The Hall–Kier alpha value is -1.15. The van der Waals surface area contributed by atoms with E-state index in [-0.39, 0.29) is 5.78 Å². The first-order chi connectivity index (χ1) is 8.15. The van der Waals surface area contributed by atoms with E-state index < -0.39 is 0 Å². The van der Waals surface area contributed by atoms with E-state index in [1.807, 2.05) is 31.2 Å². The smallest absolute Gasteiger partial charge is 0.176 e. The average Bonchev–Trinajstić information content (AvgIpc) is 2.29. The summed E-state index contributed by atoms with van der Waals surface area (Å²) in [5.74, 6) is 0.983. The van der Waals surface area contributed by atoms with Crippen molar-refractivity contribution in [3.05, 3.63) is 35.4 Å². The van der Waals surface area contributed by atoms with Crippen LogP contribution < -0.4 is 0 Å². The number of carbonyl (C=O) groups is 1. The molecule has 92 valence electrons. The van der Waals surface area contributed by atoms with E-state index in [0.29, 0.717) is 6.54 Å². The van der Waals surface area contributed by atoms with E-state index in [4.69, 9.17) is 0 Å². The second kappa shape index (κ2) is 5.46. The van der Waals surface area contributed by atoms with Crippen molar-refractivity contribution >= 4 is 5.78 Å². The molecule has 2 heteroatoms. The average molecular weight is 231 g/mol. The molecule has 0 bridgehead atoms. The number of aryl methyl sites for hydroxylation is 1. The number of hydrogen-bond acceptors (Lipinski definition) is 2. The maximum absolute atomic E-state index is 12.1. The first-order valence-electron chi connectivity index (χ1n) is 6.47. The zero-order chi connectivity index (χ0) is 12.3. The lowest BCUT2D eigenvalue weighted by atomic mass is 9.99. The van der Waals surface area contributed by atoms with Crippen LogP contribution in [0.15, 0.2) is 24.3 Å². The number of rotatable bonds is 3. The molecule has 0 aromatic heterocycles. The van der Waals surface area contributed by atoms with Gasteiger partial charge in [0.1, 0.15) is 0 Å². The zero-order valence-corrected chi connectivity index (χ0v) is 10.8. The highest BCUT2D eigenvalue weighted by atomic mass is 16.1. The van der Waals surface area contributed by atoms with Gasteiger partial charge < -0.3 is 0 Å². The minimum Gasteiger partial charge on any atom is -0.296 e. The van der Waals surface area contributed by atoms with Gasteiger partial charge in [0, 0.05) is 12.1 Å². The summed E-state index contributed by atoms with van der Waals surface area (Å²) >= 11 is 0. The van der Waals surface area contributed by atoms with Gasteiger partial charge in [-0.25, -0.2) is 0 Å². The number of benzene rings is 1. The molecule has 0 aliphatic carbocycles. The molecular formula is C15H21NO. The molecule has 17 heavy (non-hydrogen) atoms. The van der Waals surface area contributed by atoms with Crippen molar-refractivity contribution in [2.24, 2.45) is 5.92 Å². The maximum atomic E-state index is 12.1. The Morgan fingerprint density at radius 3 is 3.00 bits per heavy atom. The fraction of sp³-hybridized carbons (Fsp3) is 0.533. The molecule has 0 saturated carbocycles. The predicted octanol–water partition coefficient (Wildman–Crippen LogP) is 2.91. The van der Waals surface area contributed by atoms with E-state index in [0.717, 1.165) is 30.1 Å². The Morgan fingerprint density at radius 2 is 2.29 bits per heavy atom. The van der Waals surface area contributed by atoms with Crippen molar-refractivity contribution in [1.29, 1.82) is 0 Å². The molecule has 1 heterocycles. The summed E-state index contributed by atoms with van der Waals surface area (Å²) in [6.45, 7) is 7.01. The van der Waals surface area contributed by atoms with Crippen LogP contribution in [0, 0.1) is 12.8 Å². The molecule has 1 unspecified atom stereocenters. The molecule has 1 atom stereocenters. The number of hydrogen-bond donors (Lipinski definition) is 0. The molecule has 0 amide bonds. The lowest BCUT2D eigenvalue weighted by molar-refractivity contribution is 0.0893. The predicted molar refractivity (Wildman–Crippen MR) is 70.3 cm³/mol. The standard InChI is InChI=1S/C15H21NO/c1-12-5-3-7-14(9-12)15(17)11-16-8-4-6-13(2)10-16/h3,5,7,9,13H,4,6,8,10-11H2,1-2H3. The minimum absolute atomic E-state index is 0.253. The maximum Gasteiger partial charge on any atom is 0.176 e. The third-order valence-electron chi connectivity index (χ3n) is 3.45. The van der Waals surface area contributed by atoms with Crippen LogP contribution in [0.2, 0.25) is 0 Å². The van der Waals surface area contributed by atoms with E-state index in [9.17, 15) is 4.79 Å². The van der Waals surface area contributed by atoms with Crippen LogP contribution in [0.25, 0.3) is 0 Å². The Kier molecular flexibility index (Phi) is 3.95. The highest BCUT2D eigenvalue weighted by Gasteiger charge is 2.19. The summed E-state index contributed by atoms with van der Waals surface area (Å²) < 4.78 is 0. The summed E-state index contributed by atoms with van der Waals surface area (Å²) in [6.07, 6.45) is 2.53. The number of nitrogens with zero attached hydrogens (tertiary/aromatic N) is 1. The fourth-order valence-corrected chi connectivity index (χ4v) is 2.54. The van der Waals surface area contributed by atoms with Gasteiger partial charge in [0.2, 0.25) is 0 Å². The number of piperidine rings is 1. The van der Waals surface area contributed by atoms with Crippen LogP contribution >= 0.6 is 0 Å². The second-order valence-electron chi connectivity index (χ2n) is 5.28. The molecular weight excluding hydrogens is 210 g/mol. The first kappa shape index (κ1) is 12.3. The minimum atomic E-state index is 0.253. The van der Waals surface area contributed by atoms with Gasteiger partial charge in [0.25, 0.3) is 0 Å². The summed E-state index contributed by atoms with van der Waals surface area (Å²) in [5.41, 5.74) is 2.01. The van der Waals surface area contributed by atoms with Crippen molar-refractivity contribution in [3.63, 3.8) is 0 Å². The number of Topliss-reactive ketones (excluding diaryl/α,β-unsaturated/α-hetero) is 1. The van der Waals surface area contributed by atoms with E-state index in [1.54, 1.807) is 0 Å².